The van der Waals surface area contributed by atoms with Gasteiger partial charge < -0.3 is 14.3 Å². The van der Waals surface area contributed by atoms with Gasteiger partial charge in [0, 0.05) is 23.5 Å². The Bertz CT molecular complexity index is 640. The first-order valence-corrected chi connectivity index (χ1v) is 11.0. The number of ether oxygens (including phenoxy) is 2. The van der Waals surface area contributed by atoms with Crippen molar-refractivity contribution in [3.8, 4) is 0 Å². The molecular formula is C21H32N2O4S. The van der Waals surface area contributed by atoms with Crippen LogP contribution in [0.2, 0.25) is 0 Å². The summed E-state index contributed by atoms with van der Waals surface area (Å²) in [6, 6.07) is 8.25. The van der Waals surface area contributed by atoms with Crippen LogP contribution in [0.5, 0.6) is 0 Å². The highest BCUT2D eigenvalue weighted by Crippen LogP contribution is 2.25. The molecule has 1 aromatic carbocycles. The molecule has 0 radical (unpaired) electrons. The molecule has 0 spiro atoms. The summed E-state index contributed by atoms with van der Waals surface area (Å²) in [5.74, 6) is -0.390. The zero-order chi connectivity index (χ0) is 20.4. The SMILES string of the molecule is CCCCOC(=O)CO/N=C(/c1ccc(SC)cc1)C(C)(C)N1CCOCC1. The Morgan fingerprint density at radius 3 is 2.54 bits per heavy atom. The standard InChI is InChI=1S/C21H32N2O4S/c1-5-6-13-26-19(24)16-27-22-20(17-7-9-18(28-4)10-8-17)21(2,3)23-11-14-25-15-12-23/h7-10H,5-6,11-16H2,1-4H3/b22-20-. The summed E-state index contributed by atoms with van der Waals surface area (Å²) in [5.41, 5.74) is 1.41. The maximum Gasteiger partial charge on any atom is 0.347 e. The van der Waals surface area contributed by atoms with Crippen molar-refractivity contribution in [3.05, 3.63) is 29.8 Å². The van der Waals surface area contributed by atoms with Crippen molar-refractivity contribution in [1.29, 1.82) is 0 Å². The molecule has 6 nitrogen and oxygen atoms in total. The van der Waals surface area contributed by atoms with Crippen molar-refractivity contribution in [2.45, 2.75) is 44.0 Å². The number of carbonyl (C=O) groups excluding carboxylic acids is 1. The molecule has 0 bridgehead atoms. The number of rotatable bonds is 10. The van der Waals surface area contributed by atoms with E-state index in [1.807, 2.05) is 0 Å². The first kappa shape index (κ1) is 22.7. The van der Waals surface area contributed by atoms with E-state index in [0.29, 0.717) is 19.8 Å². The quantitative estimate of drug-likeness (QED) is 0.194. The molecule has 28 heavy (non-hydrogen) atoms. The fourth-order valence-corrected chi connectivity index (χ4v) is 3.47. The van der Waals surface area contributed by atoms with Crippen LogP contribution in [0.4, 0.5) is 0 Å². The maximum absolute atomic E-state index is 11.8. The number of oxime groups is 1. The van der Waals surface area contributed by atoms with Crippen molar-refractivity contribution >= 4 is 23.4 Å². The van der Waals surface area contributed by atoms with Gasteiger partial charge in [0.05, 0.1) is 25.4 Å². The third kappa shape index (κ3) is 6.50. The van der Waals surface area contributed by atoms with Gasteiger partial charge in [0.2, 0.25) is 6.61 Å². The molecular weight excluding hydrogens is 376 g/mol. The number of thioether (sulfide) groups is 1. The Morgan fingerprint density at radius 1 is 1.25 bits per heavy atom. The van der Waals surface area contributed by atoms with E-state index < -0.39 is 5.97 Å². The fourth-order valence-electron chi connectivity index (χ4n) is 3.06. The van der Waals surface area contributed by atoms with Gasteiger partial charge in [0.1, 0.15) is 5.71 Å². The second kappa shape index (κ2) is 11.4. The van der Waals surface area contributed by atoms with E-state index in [1.165, 1.54) is 4.90 Å². The first-order valence-electron chi connectivity index (χ1n) is 9.82. The Hall–Kier alpha value is -1.57. The summed E-state index contributed by atoms with van der Waals surface area (Å²) in [6.45, 7) is 9.60. The van der Waals surface area contributed by atoms with Gasteiger partial charge in [-0.05, 0) is 38.7 Å². The van der Waals surface area contributed by atoms with Gasteiger partial charge in [0.25, 0.3) is 0 Å². The highest BCUT2D eigenvalue weighted by molar-refractivity contribution is 7.98. The highest BCUT2D eigenvalue weighted by atomic mass is 32.2. The molecule has 1 fully saturated rings. The lowest BCUT2D eigenvalue weighted by molar-refractivity contribution is -0.149. The summed E-state index contributed by atoms with van der Waals surface area (Å²) in [6.07, 6.45) is 3.89. The molecule has 7 heteroatoms. The van der Waals surface area contributed by atoms with Gasteiger partial charge in [-0.25, -0.2) is 4.79 Å². The topological polar surface area (TPSA) is 60.4 Å². The third-order valence-corrected chi connectivity index (χ3v) is 5.59. The Balaban J connectivity index is 2.16. The summed E-state index contributed by atoms with van der Waals surface area (Å²) in [5, 5.41) is 4.39. The van der Waals surface area contributed by atoms with Crippen LogP contribution < -0.4 is 0 Å². The van der Waals surface area contributed by atoms with Crippen LogP contribution in [0, 0.1) is 0 Å². The fraction of sp³-hybridized carbons (Fsp3) is 0.619. The number of esters is 1. The number of morpholine rings is 1. The predicted molar refractivity (Wildman–Crippen MR) is 113 cm³/mol. The first-order chi connectivity index (χ1) is 13.5. The zero-order valence-electron chi connectivity index (χ0n) is 17.4. The monoisotopic (exact) mass is 408 g/mol. The van der Waals surface area contributed by atoms with E-state index in [9.17, 15) is 4.79 Å². The molecule has 0 saturated carbocycles. The number of unbranched alkanes of at least 4 members (excludes halogenated alkanes) is 1. The van der Waals surface area contributed by atoms with Gasteiger partial charge >= 0.3 is 5.97 Å². The lowest BCUT2D eigenvalue weighted by atomic mass is 9.90. The second-order valence-electron chi connectivity index (χ2n) is 7.17. The summed E-state index contributed by atoms with van der Waals surface area (Å²) >= 11 is 1.70. The Labute approximate surface area is 172 Å². The van der Waals surface area contributed by atoms with Crippen LogP contribution in [0.3, 0.4) is 0 Å². The average molecular weight is 409 g/mol. The number of hydrogen-bond acceptors (Lipinski definition) is 7. The van der Waals surface area contributed by atoms with Crippen LogP contribution in [-0.4, -0.2) is 67.9 Å². The minimum Gasteiger partial charge on any atom is -0.463 e. The van der Waals surface area contributed by atoms with Crippen molar-refractivity contribution in [1.82, 2.24) is 4.90 Å². The lowest BCUT2D eigenvalue weighted by Crippen LogP contribution is -2.54. The average Bonchev–Trinajstić information content (AvgIpc) is 2.72. The molecule has 1 aliphatic rings. The normalized spacial score (nSPS) is 16.1. The van der Waals surface area contributed by atoms with E-state index >= 15 is 0 Å². The van der Waals surface area contributed by atoms with Crippen molar-refractivity contribution in [2.24, 2.45) is 5.16 Å². The largest absolute Gasteiger partial charge is 0.463 e. The van der Waals surface area contributed by atoms with E-state index in [2.05, 4.69) is 61.3 Å². The second-order valence-corrected chi connectivity index (χ2v) is 8.05. The zero-order valence-corrected chi connectivity index (χ0v) is 18.2. The molecule has 156 valence electrons. The van der Waals surface area contributed by atoms with Crippen molar-refractivity contribution in [2.75, 3.05) is 45.8 Å². The molecule has 0 N–H and O–H groups in total. The van der Waals surface area contributed by atoms with Gasteiger partial charge in [-0.3, -0.25) is 4.90 Å². The molecule has 1 saturated heterocycles. The molecule has 0 atom stereocenters. The third-order valence-electron chi connectivity index (χ3n) is 4.84. The van der Waals surface area contributed by atoms with Gasteiger partial charge in [0.15, 0.2) is 0 Å². The summed E-state index contributed by atoms with van der Waals surface area (Å²) < 4.78 is 10.6. The van der Waals surface area contributed by atoms with Gasteiger partial charge in [-0.1, -0.05) is 30.6 Å². The van der Waals surface area contributed by atoms with E-state index in [1.54, 1.807) is 11.8 Å². The summed E-state index contributed by atoms with van der Waals surface area (Å²) in [7, 11) is 0. The smallest absolute Gasteiger partial charge is 0.347 e. The number of carbonyl (C=O) groups is 1. The van der Waals surface area contributed by atoms with Gasteiger partial charge in [-0.2, -0.15) is 0 Å². The van der Waals surface area contributed by atoms with E-state index in [4.69, 9.17) is 14.3 Å². The molecule has 1 aliphatic heterocycles. The van der Waals surface area contributed by atoms with Gasteiger partial charge in [-0.15, -0.1) is 11.8 Å². The highest BCUT2D eigenvalue weighted by Gasteiger charge is 2.35. The molecule has 0 unspecified atom stereocenters. The molecule has 0 aliphatic carbocycles. The molecule has 1 aromatic rings. The number of hydrogen-bond donors (Lipinski definition) is 0. The van der Waals surface area contributed by atoms with Crippen LogP contribution in [0.1, 0.15) is 39.2 Å². The maximum atomic E-state index is 11.8. The number of benzene rings is 1. The van der Waals surface area contributed by atoms with Crippen molar-refractivity contribution < 1.29 is 19.1 Å². The molecule has 2 rings (SSSR count). The molecule has 0 amide bonds. The Morgan fingerprint density at radius 2 is 1.93 bits per heavy atom. The number of nitrogens with zero attached hydrogens (tertiary/aromatic N) is 2. The van der Waals surface area contributed by atoms with Crippen LogP contribution in [0.25, 0.3) is 0 Å². The Kier molecular flexibility index (Phi) is 9.28. The molecule has 1 heterocycles. The van der Waals surface area contributed by atoms with Crippen LogP contribution in [-0.2, 0) is 19.1 Å². The minimum atomic E-state index is -0.390. The minimum absolute atomic E-state index is 0.185. The van der Waals surface area contributed by atoms with Crippen molar-refractivity contribution in [3.63, 3.8) is 0 Å². The lowest BCUT2D eigenvalue weighted by Gasteiger charge is -2.41. The van der Waals surface area contributed by atoms with E-state index in [-0.39, 0.29) is 12.1 Å². The predicted octanol–water partition coefficient (Wildman–Crippen LogP) is 3.58. The summed E-state index contributed by atoms with van der Waals surface area (Å²) in [4.78, 5) is 20.8. The van der Waals surface area contributed by atoms with E-state index in [0.717, 1.165) is 37.2 Å². The molecule has 0 aromatic heterocycles. The van der Waals surface area contributed by atoms with Crippen LogP contribution >= 0.6 is 11.8 Å². The van der Waals surface area contributed by atoms with Crippen LogP contribution in [0.15, 0.2) is 34.3 Å².